The van der Waals surface area contributed by atoms with Gasteiger partial charge in [-0.2, -0.15) is 5.10 Å². The van der Waals surface area contributed by atoms with E-state index in [0.717, 1.165) is 17.8 Å². The van der Waals surface area contributed by atoms with Gasteiger partial charge in [0.05, 0.1) is 24.2 Å². The van der Waals surface area contributed by atoms with Gasteiger partial charge >= 0.3 is 0 Å². The number of halogens is 1. The van der Waals surface area contributed by atoms with Gasteiger partial charge in [-0.15, -0.1) is 0 Å². The van der Waals surface area contributed by atoms with Gasteiger partial charge in [0, 0.05) is 24.5 Å². The molecule has 0 radical (unpaired) electrons. The molecule has 3 aromatic rings. The highest BCUT2D eigenvalue weighted by molar-refractivity contribution is 5.65. The van der Waals surface area contributed by atoms with Crippen LogP contribution >= 0.6 is 0 Å². The molecule has 0 unspecified atom stereocenters. The molecular weight excluding hydrogens is 321 g/mol. The van der Waals surface area contributed by atoms with E-state index in [1.807, 2.05) is 27.0 Å². The second-order valence-electron chi connectivity index (χ2n) is 5.51. The Morgan fingerprint density at radius 3 is 2.76 bits per heavy atom. The van der Waals surface area contributed by atoms with Gasteiger partial charge in [-0.05, 0) is 44.5 Å². The van der Waals surface area contributed by atoms with E-state index in [-0.39, 0.29) is 5.75 Å². The molecule has 1 aromatic carbocycles. The van der Waals surface area contributed by atoms with Crippen LogP contribution in [0.3, 0.4) is 0 Å². The predicted octanol–water partition coefficient (Wildman–Crippen LogP) is 3.95. The minimum absolute atomic E-state index is 0.239. The minimum atomic E-state index is -0.406. The van der Waals surface area contributed by atoms with E-state index in [0.29, 0.717) is 23.8 Å². The Labute approximate surface area is 145 Å². The SMILES string of the molecule is CCOc1ccc(-c2nc(Nc3cnn(CC)c3)ncc2C)cc1F. The number of aryl methyl sites for hydroxylation is 2. The highest BCUT2D eigenvalue weighted by Crippen LogP contribution is 2.27. The van der Waals surface area contributed by atoms with Gasteiger partial charge in [-0.1, -0.05) is 0 Å². The first-order valence-electron chi connectivity index (χ1n) is 8.16. The third kappa shape index (κ3) is 3.76. The van der Waals surface area contributed by atoms with Crippen molar-refractivity contribution in [2.45, 2.75) is 27.3 Å². The maximum atomic E-state index is 14.1. The number of ether oxygens (including phenoxy) is 1. The van der Waals surface area contributed by atoms with Crippen LogP contribution in [0, 0.1) is 12.7 Å². The molecule has 0 aliphatic rings. The van der Waals surface area contributed by atoms with Crippen molar-refractivity contribution in [3.8, 4) is 17.0 Å². The lowest BCUT2D eigenvalue weighted by atomic mass is 10.1. The van der Waals surface area contributed by atoms with Gasteiger partial charge < -0.3 is 10.1 Å². The summed E-state index contributed by atoms with van der Waals surface area (Å²) >= 11 is 0. The zero-order chi connectivity index (χ0) is 17.8. The normalized spacial score (nSPS) is 10.7. The summed E-state index contributed by atoms with van der Waals surface area (Å²) < 4.78 is 21.2. The molecule has 1 N–H and O–H groups in total. The van der Waals surface area contributed by atoms with Gasteiger partial charge in [0.2, 0.25) is 5.95 Å². The smallest absolute Gasteiger partial charge is 0.227 e. The Morgan fingerprint density at radius 1 is 1.24 bits per heavy atom. The van der Waals surface area contributed by atoms with E-state index in [2.05, 4.69) is 20.4 Å². The lowest BCUT2D eigenvalue weighted by molar-refractivity contribution is 0.321. The third-order valence-electron chi connectivity index (χ3n) is 3.69. The number of rotatable bonds is 6. The van der Waals surface area contributed by atoms with E-state index in [9.17, 15) is 4.39 Å². The van der Waals surface area contributed by atoms with Crippen LogP contribution in [0.1, 0.15) is 19.4 Å². The van der Waals surface area contributed by atoms with E-state index in [4.69, 9.17) is 4.74 Å². The average Bonchev–Trinajstić information content (AvgIpc) is 3.06. The van der Waals surface area contributed by atoms with Gasteiger partial charge in [0.15, 0.2) is 11.6 Å². The zero-order valence-electron chi connectivity index (χ0n) is 14.5. The molecule has 0 aliphatic heterocycles. The number of anilines is 2. The van der Waals surface area contributed by atoms with Gasteiger partial charge in [-0.25, -0.2) is 14.4 Å². The molecule has 0 saturated heterocycles. The summed E-state index contributed by atoms with van der Waals surface area (Å²) in [7, 11) is 0. The summed E-state index contributed by atoms with van der Waals surface area (Å²) in [5.41, 5.74) is 3.00. The number of hydrogen-bond donors (Lipinski definition) is 1. The minimum Gasteiger partial charge on any atom is -0.491 e. The average molecular weight is 341 g/mol. The number of nitrogens with zero attached hydrogens (tertiary/aromatic N) is 4. The standard InChI is InChI=1S/C18H20FN5O/c1-4-24-11-14(10-21-24)22-18-20-9-12(3)17(23-18)13-6-7-16(25-5-2)15(19)8-13/h6-11H,4-5H2,1-3H3,(H,20,22,23). The van der Waals surface area contributed by atoms with Crippen molar-refractivity contribution in [2.75, 3.05) is 11.9 Å². The number of hydrogen-bond acceptors (Lipinski definition) is 5. The lowest BCUT2D eigenvalue weighted by Gasteiger charge is -2.10. The zero-order valence-corrected chi connectivity index (χ0v) is 14.5. The molecule has 0 saturated carbocycles. The number of aromatic nitrogens is 4. The summed E-state index contributed by atoms with van der Waals surface area (Å²) in [6.45, 7) is 6.93. The monoisotopic (exact) mass is 341 g/mol. The van der Waals surface area contributed by atoms with Gasteiger partial charge in [0.1, 0.15) is 0 Å². The second-order valence-corrected chi connectivity index (χ2v) is 5.51. The molecule has 2 heterocycles. The van der Waals surface area contributed by atoms with Crippen molar-refractivity contribution in [1.82, 2.24) is 19.7 Å². The van der Waals surface area contributed by atoms with Crippen molar-refractivity contribution in [2.24, 2.45) is 0 Å². The largest absolute Gasteiger partial charge is 0.491 e. The molecule has 7 heteroatoms. The predicted molar refractivity (Wildman–Crippen MR) is 94.5 cm³/mol. The van der Waals surface area contributed by atoms with E-state index >= 15 is 0 Å². The van der Waals surface area contributed by atoms with Crippen LogP contribution in [0.5, 0.6) is 5.75 Å². The Morgan fingerprint density at radius 2 is 2.08 bits per heavy atom. The summed E-state index contributed by atoms with van der Waals surface area (Å²) in [4.78, 5) is 8.81. The summed E-state index contributed by atoms with van der Waals surface area (Å²) in [5.74, 6) is 0.268. The fourth-order valence-corrected chi connectivity index (χ4v) is 2.45. The molecule has 0 spiro atoms. The Kier molecular flexibility index (Phi) is 4.92. The molecule has 0 bridgehead atoms. The lowest BCUT2D eigenvalue weighted by Crippen LogP contribution is -2.00. The summed E-state index contributed by atoms with van der Waals surface area (Å²) in [6.07, 6.45) is 5.30. The summed E-state index contributed by atoms with van der Waals surface area (Å²) in [6, 6.07) is 4.84. The first-order valence-corrected chi connectivity index (χ1v) is 8.16. The van der Waals surface area contributed by atoms with Crippen LogP contribution in [-0.4, -0.2) is 26.4 Å². The van der Waals surface area contributed by atoms with Gasteiger partial charge in [0.25, 0.3) is 0 Å². The van der Waals surface area contributed by atoms with Crippen LogP contribution < -0.4 is 10.1 Å². The molecule has 130 valence electrons. The maximum absolute atomic E-state index is 14.1. The fraction of sp³-hybridized carbons (Fsp3) is 0.278. The number of benzene rings is 1. The fourth-order valence-electron chi connectivity index (χ4n) is 2.45. The quantitative estimate of drug-likeness (QED) is 0.735. The van der Waals surface area contributed by atoms with Crippen molar-refractivity contribution in [1.29, 1.82) is 0 Å². The molecule has 0 aliphatic carbocycles. The second kappa shape index (κ2) is 7.29. The molecule has 25 heavy (non-hydrogen) atoms. The van der Waals surface area contributed by atoms with Crippen LogP contribution in [0.4, 0.5) is 16.0 Å². The maximum Gasteiger partial charge on any atom is 0.227 e. The first kappa shape index (κ1) is 16.9. The Bertz CT molecular complexity index is 878. The van der Waals surface area contributed by atoms with Crippen molar-refractivity contribution in [3.63, 3.8) is 0 Å². The Hall–Kier alpha value is -2.96. The molecule has 3 rings (SSSR count). The third-order valence-corrected chi connectivity index (χ3v) is 3.69. The van der Waals surface area contributed by atoms with Crippen molar-refractivity contribution >= 4 is 11.6 Å². The molecule has 0 amide bonds. The summed E-state index contributed by atoms with van der Waals surface area (Å²) in [5, 5.41) is 7.32. The molecule has 6 nitrogen and oxygen atoms in total. The molecular formula is C18H20FN5O. The Balaban J connectivity index is 1.90. The highest BCUT2D eigenvalue weighted by atomic mass is 19.1. The van der Waals surface area contributed by atoms with Gasteiger partial charge in [-0.3, -0.25) is 4.68 Å². The topological polar surface area (TPSA) is 64.9 Å². The first-order chi connectivity index (χ1) is 12.1. The number of nitrogens with one attached hydrogen (secondary N) is 1. The van der Waals surface area contributed by atoms with E-state index in [1.165, 1.54) is 6.07 Å². The van der Waals surface area contributed by atoms with Crippen LogP contribution in [0.2, 0.25) is 0 Å². The van der Waals surface area contributed by atoms with Crippen LogP contribution in [-0.2, 0) is 6.54 Å². The highest BCUT2D eigenvalue weighted by Gasteiger charge is 2.11. The van der Waals surface area contributed by atoms with Crippen LogP contribution in [0.15, 0.2) is 36.8 Å². The van der Waals surface area contributed by atoms with E-state index in [1.54, 1.807) is 29.2 Å². The van der Waals surface area contributed by atoms with E-state index < -0.39 is 5.82 Å². The van der Waals surface area contributed by atoms with Crippen molar-refractivity contribution in [3.05, 3.63) is 48.2 Å². The van der Waals surface area contributed by atoms with Crippen molar-refractivity contribution < 1.29 is 9.13 Å². The molecule has 0 atom stereocenters. The van der Waals surface area contributed by atoms with Crippen LogP contribution in [0.25, 0.3) is 11.3 Å². The molecule has 0 fully saturated rings. The molecule has 2 aromatic heterocycles.